The Hall–Kier alpha value is -0.730. The zero-order valence-corrected chi connectivity index (χ0v) is 15.3. The van der Waals surface area contributed by atoms with E-state index in [9.17, 15) is 5.11 Å². The zero-order valence-electron chi connectivity index (χ0n) is 14.5. The number of aryl methyl sites for hydroxylation is 1. The van der Waals surface area contributed by atoms with Gasteiger partial charge in [-0.05, 0) is 60.8 Å². The minimum atomic E-state index is -0.0179. The first-order valence-electron chi connectivity index (χ1n) is 8.40. The highest BCUT2D eigenvalue weighted by atomic mass is 35.5. The third-order valence-electron chi connectivity index (χ3n) is 5.63. The zero-order chi connectivity index (χ0) is 15.4. The predicted molar refractivity (Wildman–Crippen MR) is 95.3 cm³/mol. The van der Waals surface area contributed by atoms with E-state index in [0.717, 1.165) is 5.56 Å². The number of fused-ring (bicyclic) bond motifs is 3. The van der Waals surface area contributed by atoms with E-state index in [-0.39, 0.29) is 17.8 Å². The predicted octanol–water partition coefficient (Wildman–Crippen LogP) is 4.97. The second kappa shape index (κ2) is 6.05. The number of rotatable bonds is 1. The number of halogens is 1. The lowest BCUT2D eigenvalue weighted by Crippen LogP contribution is -2.25. The topological polar surface area (TPSA) is 32.3 Å². The van der Waals surface area contributed by atoms with Crippen LogP contribution >= 0.6 is 12.4 Å². The molecule has 0 amide bonds. The van der Waals surface area contributed by atoms with Crippen molar-refractivity contribution in [3.05, 3.63) is 28.3 Å². The third-order valence-corrected chi connectivity index (χ3v) is 5.63. The van der Waals surface area contributed by atoms with Gasteiger partial charge in [-0.2, -0.15) is 0 Å². The molecule has 3 heteroatoms. The summed E-state index contributed by atoms with van der Waals surface area (Å²) in [5.74, 6) is 1.86. The molecule has 0 radical (unpaired) electrons. The molecular formula is C19H30ClNO. The maximum absolute atomic E-state index is 11.0. The number of hydrogen-bond acceptors (Lipinski definition) is 2. The van der Waals surface area contributed by atoms with Crippen LogP contribution < -0.4 is 5.32 Å². The number of hydrogen-bond donors (Lipinski definition) is 2. The van der Waals surface area contributed by atoms with E-state index in [1.54, 1.807) is 0 Å². The fourth-order valence-corrected chi connectivity index (χ4v) is 4.72. The number of nitrogens with one attached hydrogen (secondary N) is 1. The number of aromatic hydroxyl groups is 1. The van der Waals surface area contributed by atoms with Crippen molar-refractivity contribution in [1.82, 2.24) is 5.32 Å². The molecule has 0 heterocycles. The van der Waals surface area contributed by atoms with Gasteiger partial charge in [0.25, 0.3) is 0 Å². The Bertz CT molecular complexity index is 562. The lowest BCUT2D eigenvalue weighted by molar-refractivity contribution is 0.269. The van der Waals surface area contributed by atoms with Gasteiger partial charge in [-0.15, -0.1) is 12.4 Å². The SMILES string of the molecule is CNC1c2c(O)c(C(C)(C)C)cc(C)c2C2CCCCC21.Cl. The van der Waals surface area contributed by atoms with Gasteiger partial charge in [0.1, 0.15) is 5.75 Å². The van der Waals surface area contributed by atoms with Crippen LogP contribution in [0, 0.1) is 12.8 Å². The molecule has 2 nitrogen and oxygen atoms in total. The van der Waals surface area contributed by atoms with Crippen LogP contribution in [0.25, 0.3) is 0 Å². The molecule has 0 spiro atoms. The Kier molecular flexibility index (Phi) is 4.85. The van der Waals surface area contributed by atoms with Crippen molar-refractivity contribution in [3.63, 3.8) is 0 Å². The Morgan fingerprint density at radius 3 is 2.36 bits per heavy atom. The molecule has 1 aromatic rings. The molecule has 3 rings (SSSR count). The molecule has 1 saturated carbocycles. The van der Waals surface area contributed by atoms with E-state index in [1.807, 2.05) is 7.05 Å². The second-order valence-electron chi connectivity index (χ2n) is 7.99. The molecule has 0 bridgehead atoms. The molecule has 124 valence electrons. The van der Waals surface area contributed by atoms with Crippen molar-refractivity contribution in [1.29, 1.82) is 0 Å². The molecule has 2 aliphatic rings. The van der Waals surface area contributed by atoms with Crippen molar-refractivity contribution in [2.24, 2.45) is 5.92 Å². The first-order valence-corrected chi connectivity index (χ1v) is 8.40. The molecule has 1 aromatic carbocycles. The molecular weight excluding hydrogens is 294 g/mol. The molecule has 0 aliphatic heterocycles. The summed E-state index contributed by atoms with van der Waals surface area (Å²) < 4.78 is 0. The van der Waals surface area contributed by atoms with Crippen LogP contribution in [0.2, 0.25) is 0 Å². The average molecular weight is 324 g/mol. The maximum atomic E-state index is 11.0. The van der Waals surface area contributed by atoms with E-state index in [4.69, 9.17) is 0 Å². The normalized spacial score (nSPS) is 27.0. The minimum Gasteiger partial charge on any atom is -0.507 e. The summed E-state index contributed by atoms with van der Waals surface area (Å²) in [4.78, 5) is 0. The quantitative estimate of drug-likeness (QED) is 0.765. The monoisotopic (exact) mass is 323 g/mol. The van der Waals surface area contributed by atoms with Crippen LogP contribution in [0.15, 0.2) is 6.07 Å². The van der Waals surface area contributed by atoms with E-state index < -0.39 is 0 Å². The molecule has 3 atom stereocenters. The summed E-state index contributed by atoms with van der Waals surface area (Å²) in [7, 11) is 2.05. The maximum Gasteiger partial charge on any atom is 0.124 e. The summed E-state index contributed by atoms with van der Waals surface area (Å²) in [5.41, 5.74) is 5.11. The van der Waals surface area contributed by atoms with Crippen molar-refractivity contribution in [2.75, 3.05) is 7.05 Å². The van der Waals surface area contributed by atoms with Gasteiger partial charge in [-0.3, -0.25) is 0 Å². The van der Waals surface area contributed by atoms with Gasteiger partial charge < -0.3 is 10.4 Å². The van der Waals surface area contributed by atoms with Gasteiger partial charge in [0.05, 0.1) is 0 Å². The number of phenolic OH excluding ortho intramolecular Hbond substituents is 1. The summed E-state index contributed by atoms with van der Waals surface area (Å²) in [6, 6.07) is 2.56. The highest BCUT2D eigenvalue weighted by Gasteiger charge is 2.44. The van der Waals surface area contributed by atoms with Gasteiger partial charge in [-0.1, -0.05) is 39.7 Å². The second-order valence-corrected chi connectivity index (χ2v) is 7.99. The number of benzene rings is 1. The highest BCUT2D eigenvalue weighted by Crippen LogP contribution is 2.57. The van der Waals surface area contributed by atoms with Gasteiger partial charge in [0.15, 0.2) is 0 Å². The largest absolute Gasteiger partial charge is 0.507 e. The third kappa shape index (κ3) is 2.55. The van der Waals surface area contributed by atoms with Gasteiger partial charge in [0, 0.05) is 11.6 Å². The van der Waals surface area contributed by atoms with Gasteiger partial charge in [-0.25, -0.2) is 0 Å². The Morgan fingerprint density at radius 2 is 1.77 bits per heavy atom. The highest BCUT2D eigenvalue weighted by molar-refractivity contribution is 5.85. The summed E-state index contributed by atoms with van der Waals surface area (Å²) in [6.07, 6.45) is 5.23. The Balaban J connectivity index is 0.00000176. The standard InChI is InChI=1S/C19H29NO.ClH/c1-11-10-14(19(2,3)4)18(21)16-15(11)12-8-6-7-9-13(12)17(16)20-5;/h10,12-13,17,20-21H,6-9H2,1-5H3;1H. The van der Waals surface area contributed by atoms with Crippen molar-refractivity contribution in [3.8, 4) is 5.75 Å². The first kappa shape index (κ1) is 17.6. The van der Waals surface area contributed by atoms with Crippen molar-refractivity contribution >= 4 is 12.4 Å². The van der Waals surface area contributed by atoms with Crippen LogP contribution in [0.1, 0.15) is 80.7 Å². The van der Waals surface area contributed by atoms with Crippen molar-refractivity contribution in [2.45, 2.75) is 70.8 Å². The van der Waals surface area contributed by atoms with Gasteiger partial charge in [0.2, 0.25) is 0 Å². The lowest BCUT2D eigenvalue weighted by Gasteiger charge is -2.29. The molecule has 3 unspecified atom stereocenters. The van der Waals surface area contributed by atoms with Crippen LogP contribution in [0.4, 0.5) is 0 Å². The minimum absolute atomic E-state index is 0. The van der Waals surface area contributed by atoms with E-state index in [2.05, 4.69) is 39.1 Å². The lowest BCUT2D eigenvalue weighted by atomic mass is 9.77. The molecule has 2 N–H and O–H groups in total. The van der Waals surface area contributed by atoms with Crippen LogP contribution in [-0.4, -0.2) is 12.2 Å². The smallest absolute Gasteiger partial charge is 0.124 e. The summed E-state index contributed by atoms with van der Waals surface area (Å²) in [5, 5.41) is 14.5. The fraction of sp³-hybridized carbons (Fsp3) is 0.684. The fourth-order valence-electron chi connectivity index (χ4n) is 4.72. The summed E-state index contributed by atoms with van der Waals surface area (Å²) >= 11 is 0. The van der Waals surface area contributed by atoms with E-state index in [0.29, 0.717) is 23.6 Å². The average Bonchev–Trinajstić information content (AvgIpc) is 2.76. The van der Waals surface area contributed by atoms with E-state index >= 15 is 0 Å². The van der Waals surface area contributed by atoms with Crippen LogP contribution in [0.3, 0.4) is 0 Å². The molecule has 22 heavy (non-hydrogen) atoms. The molecule has 0 aromatic heterocycles. The first-order chi connectivity index (χ1) is 9.86. The Morgan fingerprint density at radius 1 is 1.14 bits per heavy atom. The molecule has 1 fully saturated rings. The van der Waals surface area contributed by atoms with Gasteiger partial charge >= 0.3 is 0 Å². The Labute approximate surface area is 141 Å². The number of phenols is 1. The van der Waals surface area contributed by atoms with Crippen molar-refractivity contribution < 1.29 is 5.11 Å². The summed E-state index contributed by atoms with van der Waals surface area (Å²) in [6.45, 7) is 8.79. The van der Waals surface area contributed by atoms with Crippen LogP contribution in [0.5, 0.6) is 5.75 Å². The van der Waals surface area contributed by atoms with E-state index in [1.165, 1.54) is 42.4 Å². The molecule has 0 saturated heterocycles. The van der Waals surface area contributed by atoms with Crippen LogP contribution in [-0.2, 0) is 5.41 Å². The molecule has 2 aliphatic carbocycles.